The number of phenols is 1. The molecule has 22 heavy (non-hydrogen) atoms. The van der Waals surface area contributed by atoms with Crippen molar-refractivity contribution in [1.29, 1.82) is 0 Å². The van der Waals surface area contributed by atoms with E-state index in [1.807, 2.05) is 12.1 Å². The minimum atomic E-state index is 0.0815. The first-order chi connectivity index (χ1) is 10.5. The number of methoxy groups -OCH3 is 1. The second-order valence-corrected chi connectivity index (χ2v) is 6.97. The van der Waals surface area contributed by atoms with Crippen molar-refractivity contribution in [2.75, 3.05) is 13.7 Å². The molecule has 2 heterocycles. The van der Waals surface area contributed by atoms with Crippen molar-refractivity contribution in [2.45, 2.75) is 45.2 Å². The lowest BCUT2D eigenvalue weighted by molar-refractivity contribution is -0.138. The number of carbonyl (C=O) groups excluding carboxylic acids is 1. The van der Waals surface area contributed by atoms with E-state index in [0.717, 1.165) is 24.9 Å². The van der Waals surface area contributed by atoms with E-state index in [1.54, 1.807) is 13.2 Å². The Morgan fingerprint density at radius 2 is 2.14 bits per heavy atom. The van der Waals surface area contributed by atoms with E-state index in [2.05, 4.69) is 18.7 Å². The normalized spacial score (nSPS) is 28.4. The van der Waals surface area contributed by atoms with Crippen molar-refractivity contribution < 1.29 is 14.6 Å². The van der Waals surface area contributed by atoms with Crippen LogP contribution in [0.1, 0.15) is 44.7 Å². The summed E-state index contributed by atoms with van der Waals surface area (Å²) in [6.07, 6.45) is 2.80. The highest BCUT2D eigenvalue weighted by atomic mass is 16.5. The zero-order valence-corrected chi connectivity index (χ0v) is 13.6. The van der Waals surface area contributed by atoms with E-state index in [-0.39, 0.29) is 17.7 Å². The second kappa shape index (κ2) is 5.92. The van der Waals surface area contributed by atoms with E-state index in [1.165, 1.54) is 0 Å². The molecule has 1 N–H and O–H groups in total. The number of fused-ring (bicyclic) bond motifs is 3. The van der Waals surface area contributed by atoms with Crippen LogP contribution in [0.4, 0.5) is 0 Å². The first kappa shape index (κ1) is 15.3. The molecule has 1 aromatic rings. The lowest BCUT2D eigenvalue weighted by atomic mass is 9.71. The predicted molar refractivity (Wildman–Crippen MR) is 85.1 cm³/mol. The second-order valence-electron chi connectivity index (χ2n) is 6.97. The van der Waals surface area contributed by atoms with Crippen LogP contribution in [0, 0.1) is 11.8 Å². The number of piperidine rings is 2. The van der Waals surface area contributed by atoms with Crippen LogP contribution in [-0.4, -0.2) is 35.5 Å². The summed E-state index contributed by atoms with van der Waals surface area (Å²) in [4.78, 5) is 14.9. The molecule has 120 valence electrons. The molecule has 0 aromatic heterocycles. The molecule has 1 aliphatic carbocycles. The number of hydrogen-bond acceptors (Lipinski definition) is 4. The minimum absolute atomic E-state index is 0.0815. The van der Waals surface area contributed by atoms with Gasteiger partial charge in [0.15, 0.2) is 11.5 Å². The van der Waals surface area contributed by atoms with Crippen LogP contribution < -0.4 is 4.74 Å². The smallest absolute Gasteiger partial charge is 0.160 e. The minimum Gasteiger partial charge on any atom is -0.504 e. The number of nitrogens with zero attached hydrogens (tertiary/aromatic N) is 1. The lowest BCUT2D eigenvalue weighted by Crippen LogP contribution is -2.55. The molecule has 3 aliphatic rings. The average molecular weight is 303 g/mol. The molecular weight excluding hydrogens is 278 g/mol. The Morgan fingerprint density at radius 3 is 2.77 bits per heavy atom. The van der Waals surface area contributed by atoms with E-state index >= 15 is 0 Å². The van der Waals surface area contributed by atoms with E-state index in [9.17, 15) is 9.90 Å². The van der Waals surface area contributed by atoms with Crippen LogP contribution in [-0.2, 0) is 4.79 Å². The summed E-state index contributed by atoms with van der Waals surface area (Å²) in [5.74, 6) is 1.67. The molecule has 3 atom stereocenters. The molecule has 0 amide bonds. The molecule has 0 spiro atoms. The van der Waals surface area contributed by atoms with Gasteiger partial charge in [-0.3, -0.25) is 9.69 Å². The third-order valence-corrected chi connectivity index (χ3v) is 4.99. The predicted octanol–water partition coefficient (Wildman–Crippen LogP) is 3.15. The van der Waals surface area contributed by atoms with Gasteiger partial charge in [-0.15, -0.1) is 0 Å². The lowest BCUT2D eigenvalue weighted by Gasteiger charge is -2.51. The van der Waals surface area contributed by atoms with Crippen molar-refractivity contribution in [3.63, 3.8) is 0 Å². The Morgan fingerprint density at radius 1 is 1.36 bits per heavy atom. The number of benzene rings is 1. The van der Waals surface area contributed by atoms with E-state index in [0.29, 0.717) is 29.9 Å². The molecule has 2 aliphatic heterocycles. The van der Waals surface area contributed by atoms with Crippen molar-refractivity contribution in [3.8, 4) is 11.5 Å². The van der Waals surface area contributed by atoms with Crippen LogP contribution in [0.3, 0.4) is 0 Å². The fourth-order valence-corrected chi connectivity index (χ4v) is 4.08. The average Bonchev–Trinajstić information content (AvgIpc) is 2.48. The summed E-state index contributed by atoms with van der Waals surface area (Å²) < 4.78 is 5.25. The van der Waals surface area contributed by atoms with Gasteiger partial charge in [0.25, 0.3) is 0 Å². The van der Waals surface area contributed by atoms with Crippen molar-refractivity contribution in [3.05, 3.63) is 23.8 Å². The standard InChI is InChI=1S/C18H25NO3/c1-11(2)10-19-13-5-6-14(16(21)9-13)18(19)12-4-7-15(20)17(8-12)22-3/h4,7-8,11,13-14,18,20H,5-6,9-10H2,1-3H3. The number of phenolic OH excluding ortho intramolecular Hbond substituents is 1. The molecule has 2 saturated heterocycles. The number of Topliss-reactive ketones (excluding diaryl/α,β-unsaturated/α-hetero) is 1. The first-order valence-electron chi connectivity index (χ1n) is 8.16. The van der Waals surface area contributed by atoms with Crippen molar-refractivity contribution in [2.24, 2.45) is 11.8 Å². The number of ether oxygens (including phenoxy) is 1. The molecule has 4 nitrogen and oxygen atoms in total. The number of carbonyl (C=O) groups is 1. The molecule has 3 unspecified atom stereocenters. The van der Waals surface area contributed by atoms with Crippen LogP contribution in [0.15, 0.2) is 18.2 Å². The molecular formula is C18H25NO3. The largest absolute Gasteiger partial charge is 0.504 e. The highest BCUT2D eigenvalue weighted by Gasteiger charge is 2.47. The zero-order chi connectivity index (χ0) is 15.9. The summed E-state index contributed by atoms with van der Waals surface area (Å²) in [7, 11) is 1.56. The van der Waals surface area contributed by atoms with Gasteiger partial charge in [-0.1, -0.05) is 19.9 Å². The van der Waals surface area contributed by atoms with Gasteiger partial charge >= 0.3 is 0 Å². The number of aromatic hydroxyl groups is 1. The van der Waals surface area contributed by atoms with Crippen LogP contribution in [0.25, 0.3) is 0 Å². The monoisotopic (exact) mass is 303 g/mol. The fraction of sp³-hybridized carbons (Fsp3) is 0.611. The van der Waals surface area contributed by atoms with Gasteiger partial charge in [0, 0.05) is 31.0 Å². The van der Waals surface area contributed by atoms with Crippen LogP contribution >= 0.6 is 0 Å². The number of rotatable bonds is 4. The third kappa shape index (κ3) is 2.60. The topological polar surface area (TPSA) is 49.8 Å². The van der Waals surface area contributed by atoms with Crippen LogP contribution in [0.2, 0.25) is 0 Å². The van der Waals surface area contributed by atoms with Gasteiger partial charge in [-0.2, -0.15) is 0 Å². The summed E-state index contributed by atoms with van der Waals surface area (Å²) in [6.45, 7) is 5.44. The Balaban J connectivity index is 1.98. The van der Waals surface area contributed by atoms with E-state index in [4.69, 9.17) is 4.74 Å². The van der Waals surface area contributed by atoms with Crippen molar-refractivity contribution in [1.82, 2.24) is 4.90 Å². The SMILES string of the molecule is COc1cc(C2C3CCC(CC3=O)N2CC(C)C)ccc1O. The highest BCUT2D eigenvalue weighted by molar-refractivity contribution is 5.84. The molecule has 1 saturated carbocycles. The molecule has 2 bridgehead atoms. The van der Waals surface area contributed by atoms with Gasteiger partial charge in [0.05, 0.1) is 7.11 Å². The molecule has 4 rings (SSSR count). The van der Waals surface area contributed by atoms with Crippen LogP contribution in [0.5, 0.6) is 11.5 Å². The van der Waals surface area contributed by atoms with Gasteiger partial charge < -0.3 is 9.84 Å². The van der Waals surface area contributed by atoms with Gasteiger partial charge in [0.1, 0.15) is 5.78 Å². The maximum atomic E-state index is 12.4. The Kier molecular flexibility index (Phi) is 4.13. The summed E-state index contributed by atoms with van der Waals surface area (Å²) in [5.41, 5.74) is 1.08. The zero-order valence-electron chi connectivity index (χ0n) is 13.6. The van der Waals surface area contributed by atoms with Gasteiger partial charge in [0.2, 0.25) is 0 Å². The van der Waals surface area contributed by atoms with Gasteiger partial charge in [-0.05, 0) is 36.5 Å². The van der Waals surface area contributed by atoms with Gasteiger partial charge in [-0.25, -0.2) is 0 Å². The van der Waals surface area contributed by atoms with Crippen molar-refractivity contribution >= 4 is 5.78 Å². The molecule has 1 aromatic carbocycles. The first-order valence-corrected chi connectivity index (χ1v) is 8.16. The Hall–Kier alpha value is -1.55. The fourth-order valence-electron chi connectivity index (χ4n) is 4.08. The van der Waals surface area contributed by atoms with E-state index < -0.39 is 0 Å². The Bertz CT molecular complexity index is 569. The summed E-state index contributed by atoms with van der Waals surface area (Å²) in [5, 5.41) is 9.82. The highest BCUT2D eigenvalue weighted by Crippen LogP contribution is 2.47. The summed E-state index contributed by atoms with van der Waals surface area (Å²) >= 11 is 0. The maximum absolute atomic E-state index is 12.4. The Labute approximate surface area is 132 Å². The molecule has 4 heteroatoms. The number of ketones is 1. The molecule has 3 fully saturated rings. The molecule has 0 radical (unpaired) electrons. The summed E-state index contributed by atoms with van der Waals surface area (Å²) in [6, 6.07) is 5.99. The quantitative estimate of drug-likeness (QED) is 0.928. The maximum Gasteiger partial charge on any atom is 0.160 e. The third-order valence-electron chi connectivity index (χ3n) is 4.99. The number of hydrogen-bond donors (Lipinski definition) is 1.